The molecule has 0 radical (unpaired) electrons. The van der Waals surface area contributed by atoms with Gasteiger partial charge >= 0.3 is 0 Å². The summed E-state index contributed by atoms with van der Waals surface area (Å²) < 4.78 is 0. The summed E-state index contributed by atoms with van der Waals surface area (Å²) in [5, 5.41) is 0. The van der Waals surface area contributed by atoms with E-state index in [1.54, 1.807) is 12.1 Å². The van der Waals surface area contributed by atoms with E-state index in [0.717, 1.165) is 11.1 Å². The van der Waals surface area contributed by atoms with Gasteiger partial charge in [0.1, 0.15) is 0 Å². The Balaban J connectivity index is 1.85. The lowest BCUT2D eigenvalue weighted by atomic mass is 10.1. The summed E-state index contributed by atoms with van der Waals surface area (Å²) in [6.45, 7) is 5.82. The topological polar surface area (TPSA) is 41.1 Å². The molecule has 0 aliphatic heterocycles. The van der Waals surface area contributed by atoms with Gasteiger partial charge in [0.15, 0.2) is 0 Å². The van der Waals surface area contributed by atoms with Crippen molar-refractivity contribution in [1.82, 2.24) is 10.9 Å². The molecular weight excluding hydrogens is 260 g/mol. The fourth-order valence-electron chi connectivity index (χ4n) is 1.72. The minimum absolute atomic E-state index is 0.190. The standard InChI is InChI=1S/C18H18N2O/c1-14-8-12-17(13-9-14)18(21)20-19-15(2)10-11-16-6-4-3-5-7-16/h3-13,19H,2H2,1H3,(H,20,21). The van der Waals surface area contributed by atoms with Crippen molar-refractivity contribution >= 4 is 12.0 Å². The second-order valence-corrected chi connectivity index (χ2v) is 4.71. The normalized spacial score (nSPS) is 10.3. The van der Waals surface area contributed by atoms with Crippen LogP contribution in [0.1, 0.15) is 21.5 Å². The first-order chi connectivity index (χ1) is 10.1. The average molecular weight is 278 g/mol. The van der Waals surface area contributed by atoms with E-state index in [1.165, 1.54) is 0 Å². The Labute approximate surface area is 125 Å². The molecule has 0 saturated carbocycles. The number of hydrazine groups is 1. The van der Waals surface area contributed by atoms with Crippen molar-refractivity contribution in [3.8, 4) is 0 Å². The highest BCUT2D eigenvalue weighted by molar-refractivity contribution is 5.93. The largest absolute Gasteiger partial charge is 0.299 e. The monoisotopic (exact) mass is 278 g/mol. The van der Waals surface area contributed by atoms with Gasteiger partial charge in [-0.2, -0.15) is 0 Å². The van der Waals surface area contributed by atoms with Crippen LogP contribution < -0.4 is 10.9 Å². The minimum Gasteiger partial charge on any atom is -0.299 e. The van der Waals surface area contributed by atoms with Crippen LogP contribution in [-0.2, 0) is 0 Å². The van der Waals surface area contributed by atoms with Gasteiger partial charge in [-0.3, -0.25) is 15.6 Å². The second kappa shape index (κ2) is 7.10. The first-order valence-electron chi connectivity index (χ1n) is 6.70. The lowest BCUT2D eigenvalue weighted by Gasteiger charge is -2.08. The molecule has 0 aliphatic rings. The number of allylic oxidation sites excluding steroid dienone is 1. The van der Waals surface area contributed by atoms with Gasteiger partial charge in [-0.1, -0.05) is 60.7 Å². The summed E-state index contributed by atoms with van der Waals surface area (Å²) in [6, 6.07) is 17.3. The van der Waals surface area contributed by atoms with Crippen molar-refractivity contribution in [3.63, 3.8) is 0 Å². The number of carbonyl (C=O) groups is 1. The molecule has 0 bridgehead atoms. The van der Waals surface area contributed by atoms with Crippen LogP contribution in [-0.4, -0.2) is 5.91 Å². The summed E-state index contributed by atoms with van der Waals surface area (Å²) in [5.74, 6) is -0.190. The lowest BCUT2D eigenvalue weighted by Crippen LogP contribution is -2.35. The Bertz CT molecular complexity index is 643. The molecule has 2 N–H and O–H groups in total. The maximum absolute atomic E-state index is 11.9. The molecule has 0 unspecified atom stereocenters. The van der Waals surface area contributed by atoms with E-state index in [9.17, 15) is 4.79 Å². The van der Waals surface area contributed by atoms with Crippen LogP contribution in [0.2, 0.25) is 0 Å². The summed E-state index contributed by atoms with van der Waals surface area (Å²) in [4.78, 5) is 11.9. The number of aryl methyl sites for hydroxylation is 1. The highest BCUT2D eigenvalue weighted by Crippen LogP contribution is 2.04. The summed E-state index contributed by atoms with van der Waals surface area (Å²) in [5.41, 5.74) is 8.81. The average Bonchev–Trinajstić information content (AvgIpc) is 2.52. The number of benzene rings is 2. The predicted octanol–water partition coefficient (Wildman–Crippen LogP) is 3.46. The molecule has 0 atom stereocenters. The SMILES string of the molecule is C=C(C=Cc1ccccc1)NNC(=O)c1ccc(C)cc1. The molecule has 1 amide bonds. The van der Waals surface area contributed by atoms with Gasteiger partial charge in [-0.05, 0) is 30.7 Å². The Hall–Kier alpha value is -2.81. The van der Waals surface area contributed by atoms with Crippen LogP contribution in [0.3, 0.4) is 0 Å². The number of amides is 1. The molecule has 0 aliphatic carbocycles. The fraction of sp³-hybridized carbons (Fsp3) is 0.0556. The lowest BCUT2D eigenvalue weighted by molar-refractivity contribution is 0.0939. The third kappa shape index (κ3) is 4.66. The van der Waals surface area contributed by atoms with E-state index in [1.807, 2.05) is 61.5 Å². The van der Waals surface area contributed by atoms with Crippen LogP contribution in [0.4, 0.5) is 0 Å². The van der Waals surface area contributed by atoms with E-state index in [4.69, 9.17) is 0 Å². The molecule has 106 valence electrons. The summed E-state index contributed by atoms with van der Waals surface area (Å²) in [6.07, 6.45) is 3.73. The number of rotatable bonds is 5. The van der Waals surface area contributed by atoms with E-state index >= 15 is 0 Å². The zero-order valence-corrected chi connectivity index (χ0v) is 12.0. The van der Waals surface area contributed by atoms with E-state index in [-0.39, 0.29) is 5.91 Å². The Morgan fingerprint density at radius 3 is 2.33 bits per heavy atom. The Morgan fingerprint density at radius 1 is 1.00 bits per heavy atom. The second-order valence-electron chi connectivity index (χ2n) is 4.71. The van der Waals surface area contributed by atoms with Gasteiger partial charge in [0.05, 0.1) is 0 Å². The summed E-state index contributed by atoms with van der Waals surface area (Å²) in [7, 11) is 0. The Morgan fingerprint density at radius 2 is 1.67 bits per heavy atom. The quantitative estimate of drug-likeness (QED) is 0.649. The molecule has 3 heteroatoms. The van der Waals surface area contributed by atoms with Crippen molar-refractivity contribution < 1.29 is 4.79 Å². The maximum Gasteiger partial charge on any atom is 0.269 e. The van der Waals surface area contributed by atoms with Crippen molar-refractivity contribution in [2.75, 3.05) is 0 Å². The highest BCUT2D eigenvalue weighted by atomic mass is 16.2. The van der Waals surface area contributed by atoms with Crippen molar-refractivity contribution in [2.45, 2.75) is 6.92 Å². The molecule has 3 nitrogen and oxygen atoms in total. The van der Waals surface area contributed by atoms with Crippen LogP contribution in [0, 0.1) is 6.92 Å². The highest BCUT2D eigenvalue weighted by Gasteiger charge is 2.03. The van der Waals surface area contributed by atoms with Crippen LogP contribution in [0.15, 0.2) is 72.9 Å². The van der Waals surface area contributed by atoms with E-state index < -0.39 is 0 Å². The number of carbonyl (C=O) groups excluding carboxylic acids is 1. The fourth-order valence-corrected chi connectivity index (χ4v) is 1.72. The van der Waals surface area contributed by atoms with Gasteiger partial charge in [-0.15, -0.1) is 0 Å². The van der Waals surface area contributed by atoms with Gasteiger partial charge in [-0.25, -0.2) is 0 Å². The van der Waals surface area contributed by atoms with Crippen molar-refractivity contribution in [1.29, 1.82) is 0 Å². The van der Waals surface area contributed by atoms with E-state index in [0.29, 0.717) is 11.3 Å². The third-order valence-electron chi connectivity index (χ3n) is 2.93. The molecule has 0 saturated heterocycles. The predicted molar refractivity (Wildman–Crippen MR) is 86.4 cm³/mol. The van der Waals surface area contributed by atoms with Crippen molar-refractivity contribution in [3.05, 3.63) is 89.6 Å². The Kier molecular flexibility index (Phi) is 4.94. The van der Waals surface area contributed by atoms with Crippen LogP contribution in [0.25, 0.3) is 6.08 Å². The molecule has 2 aromatic carbocycles. The number of nitrogens with one attached hydrogen (secondary N) is 2. The van der Waals surface area contributed by atoms with Gasteiger partial charge in [0, 0.05) is 11.3 Å². The van der Waals surface area contributed by atoms with Gasteiger partial charge < -0.3 is 0 Å². The van der Waals surface area contributed by atoms with Crippen LogP contribution >= 0.6 is 0 Å². The smallest absolute Gasteiger partial charge is 0.269 e. The van der Waals surface area contributed by atoms with E-state index in [2.05, 4.69) is 17.4 Å². The molecule has 0 spiro atoms. The first-order valence-corrected chi connectivity index (χ1v) is 6.70. The number of hydrogen-bond acceptors (Lipinski definition) is 2. The molecule has 2 aromatic rings. The molecule has 0 fully saturated rings. The molecule has 2 rings (SSSR count). The molecule has 0 heterocycles. The third-order valence-corrected chi connectivity index (χ3v) is 2.93. The maximum atomic E-state index is 11.9. The zero-order valence-electron chi connectivity index (χ0n) is 12.0. The summed E-state index contributed by atoms with van der Waals surface area (Å²) >= 11 is 0. The van der Waals surface area contributed by atoms with Crippen LogP contribution in [0.5, 0.6) is 0 Å². The minimum atomic E-state index is -0.190. The van der Waals surface area contributed by atoms with Crippen molar-refractivity contribution in [2.24, 2.45) is 0 Å². The molecule has 21 heavy (non-hydrogen) atoms. The molecular formula is C18H18N2O. The molecule has 0 aromatic heterocycles. The van der Waals surface area contributed by atoms with Gasteiger partial charge in [0.2, 0.25) is 0 Å². The first kappa shape index (κ1) is 14.6. The zero-order chi connectivity index (χ0) is 15.1. The van der Waals surface area contributed by atoms with Gasteiger partial charge in [0.25, 0.3) is 5.91 Å². The number of hydrogen-bond donors (Lipinski definition) is 2.